The summed E-state index contributed by atoms with van der Waals surface area (Å²) in [4.78, 5) is 35.0. The molecule has 0 aliphatic carbocycles. The molecule has 6 nitrogen and oxygen atoms in total. The van der Waals surface area contributed by atoms with E-state index < -0.39 is 12.0 Å². The van der Waals surface area contributed by atoms with Gasteiger partial charge in [0, 0.05) is 6.42 Å². The van der Waals surface area contributed by atoms with Crippen molar-refractivity contribution in [3.63, 3.8) is 0 Å². The highest BCUT2D eigenvalue weighted by molar-refractivity contribution is 6.09. The van der Waals surface area contributed by atoms with Crippen LogP contribution in [0.15, 0.2) is 24.3 Å². The number of nitrogens with one attached hydrogen (secondary N) is 2. The Morgan fingerprint density at radius 3 is 2.79 bits per heavy atom. The van der Waals surface area contributed by atoms with Gasteiger partial charge in [0.2, 0.25) is 5.91 Å². The molecular formula is C13H14N2O4. The lowest BCUT2D eigenvalue weighted by atomic mass is 10.1. The Hall–Kier alpha value is -2.37. The number of para-hydroxylation sites is 1. The highest BCUT2D eigenvalue weighted by Crippen LogP contribution is 2.19. The zero-order chi connectivity index (χ0) is 13.8. The molecule has 0 unspecified atom stereocenters. The van der Waals surface area contributed by atoms with Crippen molar-refractivity contribution in [3.8, 4) is 0 Å². The smallest absolute Gasteiger partial charge is 0.305 e. The van der Waals surface area contributed by atoms with E-state index in [-0.39, 0.29) is 24.7 Å². The molecule has 0 bridgehead atoms. The molecule has 2 amide bonds. The molecule has 1 heterocycles. The van der Waals surface area contributed by atoms with Crippen LogP contribution >= 0.6 is 0 Å². The number of benzene rings is 1. The molecule has 0 saturated heterocycles. The number of fused-ring (bicyclic) bond motifs is 1. The maximum atomic E-state index is 12.0. The van der Waals surface area contributed by atoms with Crippen LogP contribution in [-0.4, -0.2) is 30.9 Å². The van der Waals surface area contributed by atoms with E-state index in [2.05, 4.69) is 15.4 Å². The minimum atomic E-state index is -0.737. The minimum Gasteiger partial charge on any atom is -0.469 e. The third-order valence-corrected chi connectivity index (χ3v) is 2.92. The summed E-state index contributed by atoms with van der Waals surface area (Å²) in [5.41, 5.74) is 0.891. The Balaban J connectivity index is 2.13. The average molecular weight is 262 g/mol. The lowest BCUT2D eigenvalue weighted by Crippen LogP contribution is -2.41. The van der Waals surface area contributed by atoms with Gasteiger partial charge in [-0.05, 0) is 18.6 Å². The molecule has 0 aromatic heterocycles. The molecule has 1 aliphatic rings. The van der Waals surface area contributed by atoms with Crippen LogP contribution < -0.4 is 10.6 Å². The summed E-state index contributed by atoms with van der Waals surface area (Å²) in [6, 6.07) is 6.02. The monoisotopic (exact) mass is 262 g/mol. The van der Waals surface area contributed by atoms with Crippen molar-refractivity contribution in [2.24, 2.45) is 0 Å². The molecule has 2 rings (SSSR count). The highest BCUT2D eigenvalue weighted by atomic mass is 16.5. The zero-order valence-electron chi connectivity index (χ0n) is 10.4. The first kappa shape index (κ1) is 13.1. The second-order valence-electron chi connectivity index (χ2n) is 4.18. The lowest BCUT2D eigenvalue weighted by Gasteiger charge is -2.13. The fourth-order valence-corrected chi connectivity index (χ4v) is 1.88. The van der Waals surface area contributed by atoms with Crippen LogP contribution in [0.5, 0.6) is 0 Å². The van der Waals surface area contributed by atoms with Crippen LogP contribution in [0.25, 0.3) is 0 Å². The summed E-state index contributed by atoms with van der Waals surface area (Å²) < 4.78 is 4.51. The molecule has 100 valence electrons. The van der Waals surface area contributed by atoms with Gasteiger partial charge in [-0.15, -0.1) is 0 Å². The van der Waals surface area contributed by atoms with Gasteiger partial charge < -0.3 is 15.4 Å². The van der Waals surface area contributed by atoms with E-state index in [9.17, 15) is 14.4 Å². The van der Waals surface area contributed by atoms with Gasteiger partial charge in [0.05, 0.1) is 18.4 Å². The third-order valence-electron chi connectivity index (χ3n) is 2.92. The molecule has 1 aliphatic heterocycles. The van der Waals surface area contributed by atoms with E-state index in [4.69, 9.17) is 0 Å². The fourth-order valence-electron chi connectivity index (χ4n) is 1.88. The maximum Gasteiger partial charge on any atom is 0.305 e. The molecule has 0 radical (unpaired) electrons. The van der Waals surface area contributed by atoms with Gasteiger partial charge in [-0.25, -0.2) is 0 Å². The van der Waals surface area contributed by atoms with Crippen molar-refractivity contribution >= 4 is 23.5 Å². The minimum absolute atomic E-state index is 0.0746. The van der Waals surface area contributed by atoms with E-state index in [1.165, 1.54) is 7.11 Å². The number of hydrogen-bond donors (Lipinski definition) is 2. The van der Waals surface area contributed by atoms with Gasteiger partial charge >= 0.3 is 5.97 Å². The molecule has 0 fully saturated rings. The molecule has 0 spiro atoms. The number of carbonyl (C=O) groups excluding carboxylic acids is 3. The number of carbonyl (C=O) groups is 3. The molecule has 19 heavy (non-hydrogen) atoms. The summed E-state index contributed by atoms with van der Waals surface area (Å²) in [7, 11) is 1.28. The number of rotatable bonds is 3. The summed E-state index contributed by atoms with van der Waals surface area (Å²) in [5, 5.41) is 5.28. The van der Waals surface area contributed by atoms with E-state index >= 15 is 0 Å². The normalized spacial score (nSPS) is 17.8. The van der Waals surface area contributed by atoms with Gasteiger partial charge in [-0.3, -0.25) is 14.4 Å². The van der Waals surface area contributed by atoms with Gasteiger partial charge in [0.15, 0.2) is 0 Å². The molecule has 1 aromatic rings. The van der Waals surface area contributed by atoms with Crippen molar-refractivity contribution in [1.29, 1.82) is 0 Å². The number of anilines is 1. The summed E-state index contributed by atoms with van der Waals surface area (Å²) in [6.45, 7) is 0. The zero-order valence-corrected chi connectivity index (χ0v) is 10.4. The van der Waals surface area contributed by atoms with Gasteiger partial charge in [-0.2, -0.15) is 0 Å². The van der Waals surface area contributed by atoms with Gasteiger partial charge in [0.25, 0.3) is 5.91 Å². The molecular weight excluding hydrogens is 248 g/mol. The second-order valence-corrected chi connectivity index (χ2v) is 4.18. The Kier molecular flexibility index (Phi) is 3.79. The van der Waals surface area contributed by atoms with Gasteiger partial charge in [0.1, 0.15) is 6.04 Å². The molecule has 2 N–H and O–H groups in total. The predicted molar refractivity (Wildman–Crippen MR) is 67.6 cm³/mol. The Morgan fingerprint density at radius 1 is 1.32 bits per heavy atom. The van der Waals surface area contributed by atoms with Crippen LogP contribution in [0.1, 0.15) is 23.2 Å². The van der Waals surface area contributed by atoms with Crippen LogP contribution in [-0.2, 0) is 14.3 Å². The van der Waals surface area contributed by atoms with E-state index in [0.717, 1.165) is 0 Å². The number of hydrogen-bond acceptors (Lipinski definition) is 4. The van der Waals surface area contributed by atoms with Crippen molar-refractivity contribution in [1.82, 2.24) is 5.32 Å². The molecule has 6 heteroatoms. The standard InChI is InChI=1S/C13H14N2O4/c1-19-11(16)7-6-10-13(18)14-9-5-3-2-4-8(9)12(17)15-10/h2-5,10H,6-7H2,1H3,(H,14,18)(H,15,17)/t10-/m0/s1. The first-order chi connectivity index (χ1) is 9.11. The first-order valence-corrected chi connectivity index (χ1v) is 5.89. The van der Waals surface area contributed by atoms with Crippen molar-refractivity contribution in [2.75, 3.05) is 12.4 Å². The topological polar surface area (TPSA) is 84.5 Å². The molecule has 1 aromatic carbocycles. The predicted octanol–water partition coefficient (Wildman–Crippen LogP) is 0.690. The Morgan fingerprint density at radius 2 is 2.05 bits per heavy atom. The molecule has 1 atom stereocenters. The van der Waals surface area contributed by atoms with Crippen LogP contribution in [0.2, 0.25) is 0 Å². The number of amides is 2. The van der Waals surface area contributed by atoms with Gasteiger partial charge in [-0.1, -0.05) is 12.1 Å². The average Bonchev–Trinajstić information content (AvgIpc) is 2.54. The summed E-state index contributed by atoms with van der Waals surface area (Å²) >= 11 is 0. The third kappa shape index (κ3) is 2.90. The second kappa shape index (κ2) is 5.51. The van der Waals surface area contributed by atoms with E-state index in [1.54, 1.807) is 24.3 Å². The number of methoxy groups -OCH3 is 1. The van der Waals surface area contributed by atoms with Crippen LogP contribution in [0.4, 0.5) is 5.69 Å². The van der Waals surface area contributed by atoms with E-state index in [1.807, 2.05) is 0 Å². The fraction of sp³-hybridized carbons (Fsp3) is 0.308. The Bertz CT molecular complexity index is 527. The first-order valence-electron chi connectivity index (χ1n) is 5.89. The van der Waals surface area contributed by atoms with Crippen LogP contribution in [0.3, 0.4) is 0 Å². The van der Waals surface area contributed by atoms with Crippen molar-refractivity contribution in [2.45, 2.75) is 18.9 Å². The van der Waals surface area contributed by atoms with Crippen molar-refractivity contribution < 1.29 is 19.1 Å². The SMILES string of the molecule is COC(=O)CC[C@@H]1NC(=O)c2ccccc2NC1=O. The number of esters is 1. The molecule has 0 saturated carbocycles. The van der Waals surface area contributed by atoms with Crippen molar-refractivity contribution in [3.05, 3.63) is 29.8 Å². The summed E-state index contributed by atoms with van der Waals surface area (Å²) in [6.07, 6.45) is 0.281. The highest BCUT2D eigenvalue weighted by Gasteiger charge is 2.27. The summed E-state index contributed by atoms with van der Waals surface area (Å²) in [5.74, 6) is -1.07. The quantitative estimate of drug-likeness (QED) is 0.785. The van der Waals surface area contributed by atoms with Crippen LogP contribution in [0, 0.1) is 0 Å². The lowest BCUT2D eigenvalue weighted by molar-refractivity contribution is -0.140. The maximum absolute atomic E-state index is 12.0. The number of ether oxygens (including phenoxy) is 1. The van der Waals surface area contributed by atoms with E-state index in [0.29, 0.717) is 11.3 Å². The largest absolute Gasteiger partial charge is 0.469 e. The Labute approximate surface area is 110 Å².